The fourth-order valence-electron chi connectivity index (χ4n) is 12.3. The van der Waals surface area contributed by atoms with Crippen LogP contribution in [0.15, 0.2) is 66.7 Å². The third kappa shape index (κ3) is 17.8. The van der Waals surface area contributed by atoms with Gasteiger partial charge in [-0.3, -0.25) is 24.1 Å². The minimum atomic E-state index is -1.20. The Bertz CT molecular complexity index is 3070. The van der Waals surface area contributed by atoms with Crippen molar-refractivity contribution in [1.29, 1.82) is 0 Å². The van der Waals surface area contributed by atoms with Gasteiger partial charge in [0, 0.05) is 19.6 Å². The average molecular weight is 1270 g/mol. The van der Waals surface area contributed by atoms with Gasteiger partial charge in [-0.25, -0.2) is 4.79 Å². The number of methoxy groups -OCH3 is 1. The maximum absolute atomic E-state index is 15.3. The molecule has 3 aromatic carbocycles. The normalized spacial score (nSPS) is 21.1. The zero-order valence-electron chi connectivity index (χ0n) is 57.1. The molecule has 10 atom stereocenters. The summed E-state index contributed by atoms with van der Waals surface area (Å²) in [6.07, 6.45) is 3.53. The summed E-state index contributed by atoms with van der Waals surface area (Å²) in [7, 11) is 8.66. The van der Waals surface area contributed by atoms with Gasteiger partial charge in [0.1, 0.15) is 23.7 Å². The maximum atomic E-state index is 15.3. The standard InChI is InChI=1S/C69H99BN10O12/c1-39(77(15)64(88)91-68(9,10)11)56(70)75-54(66(3,4)5)62(86)79-37-45(35-52(79)60(84)73-50-30-22-26-41-24-18-20-28-48(41)50)71-58(82)43-32-44(34-47(33-43)90-17)59(83)72-46-36-53(61(85)74-51-31-23-27-42-25-19-21-29-49(42)51)80(38-46)63(87)55(67(6,7)8)76-57(81)40(2)78(16)65(89)92-69(12,13)14/h18-21,24-25,28-29,32-34,39-40,45-46,50-55,70,75H,22-23,26-27,30-31,35-38H2,1-17H3,(H,71,82)(H,72,83)(H,73,84)(H,74,85)(H,76,81)/t39-,40-,45-,46-,50+,51+,52-,53-,54+,55+/m0/s1. The van der Waals surface area contributed by atoms with Gasteiger partial charge >= 0.3 is 280 Å². The number of rotatable bonds is 18. The third-order valence-corrected chi connectivity index (χ3v) is 17.7. The molecule has 92 heavy (non-hydrogen) atoms. The van der Waals surface area contributed by atoms with Crippen LogP contribution in [-0.2, 0) is 46.3 Å². The number of aryl methyl sites for hydroxylation is 2. The number of hydrogen-bond donors (Lipinski definition) is 6. The molecular formula is C69H99BN10O12. The van der Waals surface area contributed by atoms with E-state index in [2.05, 4.69) is 45.5 Å². The monoisotopic (exact) mass is 1270 g/mol. The van der Waals surface area contributed by atoms with Crippen molar-refractivity contribution in [3.8, 4) is 5.75 Å². The van der Waals surface area contributed by atoms with E-state index in [9.17, 15) is 33.6 Å². The molecule has 23 heteroatoms. The Morgan fingerprint density at radius 1 is 0.554 bits per heavy atom. The molecule has 4 aliphatic rings. The molecule has 2 fully saturated rings. The van der Waals surface area contributed by atoms with Crippen molar-refractivity contribution in [1.82, 2.24) is 51.5 Å². The summed E-state index contributed by atoms with van der Waals surface area (Å²) in [5.74, 6) is -3.52. The van der Waals surface area contributed by atoms with E-state index in [1.165, 1.54) is 54.0 Å². The molecule has 9 amide bonds. The van der Waals surface area contributed by atoms with Gasteiger partial charge in [-0.05, 0) is 76.0 Å². The summed E-state index contributed by atoms with van der Waals surface area (Å²) in [6.45, 7) is 24.6. The first-order valence-electron chi connectivity index (χ1n) is 32.2. The van der Waals surface area contributed by atoms with E-state index in [1.807, 2.05) is 63.2 Å². The first kappa shape index (κ1) is 71.5. The number of amides is 9. The number of nitrogens with zero attached hydrogens (tertiary/aromatic N) is 4. The van der Waals surface area contributed by atoms with Crippen molar-refractivity contribution in [2.75, 3.05) is 34.3 Å². The molecule has 6 N–H and O–H groups in total. The van der Waals surface area contributed by atoms with Crippen LogP contribution in [0.25, 0.3) is 0 Å². The first-order valence-corrected chi connectivity index (χ1v) is 32.2. The number of fused-ring (bicyclic) bond motifs is 2. The summed E-state index contributed by atoms with van der Waals surface area (Å²) >= 11 is 0. The van der Waals surface area contributed by atoms with E-state index in [4.69, 9.17) is 14.2 Å². The van der Waals surface area contributed by atoms with Crippen LogP contribution >= 0.6 is 0 Å². The summed E-state index contributed by atoms with van der Waals surface area (Å²) in [6, 6.07) is 12.1. The van der Waals surface area contributed by atoms with Crippen molar-refractivity contribution in [2.24, 2.45) is 10.8 Å². The molecule has 0 unspecified atom stereocenters. The second-order valence-corrected chi connectivity index (χ2v) is 29.4. The SMILES string of the molecule is B=C(N[C@H](C(=O)N1C[C@@H](NC(=O)c2cc(OC)cc(C(=O)N[C@H]3C[C@@H](C(=O)N[C@@H]4CCCc5ccccc54)N(C(=O)[C@@H](NC(=O)[C@H](C)N(C)C(=O)OC(C)(C)C)C(C)(C)C)C3)c2)C[C@H]1C(=O)N[C@@H]1CCCc2ccccc21)C(C)(C)C)[C@H](C)N(C)C(=O)OC(C)(C)C. The van der Waals surface area contributed by atoms with Crippen molar-refractivity contribution in [3.05, 3.63) is 100 Å². The molecule has 0 aromatic heterocycles. The predicted octanol–water partition coefficient (Wildman–Crippen LogP) is 6.56. The van der Waals surface area contributed by atoms with Crippen molar-refractivity contribution < 1.29 is 57.4 Å². The van der Waals surface area contributed by atoms with Crippen LogP contribution in [0.1, 0.15) is 191 Å². The fourth-order valence-corrected chi connectivity index (χ4v) is 12.3. The van der Waals surface area contributed by atoms with E-state index < -0.39 is 118 Å². The van der Waals surface area contributed by atoms with Crippen LogP contribution in [0.4, 0.5) is 9.59 Å². The van der Waals surface area contributed by atoms with E-state index in [0.29, 0.717) is 18.4 Å². The van der Waals surface area contributed by atoms with Gasteiger partial charge in [0.05, 0.1) is 13.2 Å². The van der Waals surface area contributed by atoms with E-state index in [0.717, 1.165) is 52.8 Å². The zero-order chi connectivity index (χ0) is 68.1. The van der Waals surface area contributed by atoms with Gasteiger partial charge in [0.2, 0.25) is 17.7 Å². The summed E-state index contributed by atoms with van der Waals surface area (Å²) in [5.41, 5.74) is 1.43. The average Bonchev–Trinajstić information content (AvgIpc) is 1.61. The Morgan fingerprint density at radius 3 is 1.34 bits per heavy atom. The molecule has 0 saturated carbocycles. The Hall–Kier alpha value is -7.98. The molecule has 2 saturated heterocycles. The number of hydrogen-bond acceptors (Lipinski definition) is 13. The molecule has 0 spiro atoms. The molecular weight excluding hydrogens is 1170 g/mol. The number of benzene rings is 3. The summed E-state index contributed by atoms with van der Waals surface area (Å²) in [4.78, 5) is 135. The Morgan fingerprint density at radius 2 is 0.946 bits per heavy atom. The van der Waals surface area contributed by atoms with Gasteiger partial charge < -0.3 is 30.3 Å². The topological polar surface area (TPSA) is 266 Å². The second-order valence-electron chi connectivity index (χ2n) is 29.4. The van der Waals surface area contributed by atoms with E-state index >= 15 is 9.59 Å². The van der Waals surface area contributed by atoms with Crippen molar-refractivity contribution >= 4 is 66.6 Å². The number of nitrogens with one attached hydrogen (secondary N) is 6. The third-order valence-electron chi connectivity index (χ3n) is 17.7. The van der Waals surface area contributed by atoms with Gasteiger partial charge in [0.25, 0.3) is 5.91 Å². The number of likely N-dealkylation sites (tertiary alicyclic amines) is 2. The Balaban J connectivity index is 1.13. The first-order chi connectivity index (χ1) is 42.8. The fraction of sp³-hybridized carbons (Fsp3) is 0.594. The van der Waals surface area contributed by atoms with Crippen LogP contribution in [0.3, 0.4) is 0 Å². The van der Waals surface area contributed by atoms with Crippen molar-refractivity contribution in [3.63, 3.8) is 0 Å². The van der Waals surface area contributed by atoms with E-state index in [1.54, 1.807) is 76.3 Å². The molecule has 0 bridgehead atoms. The zero-order valence-corrected chi connectivity index (χ0v) is 57.1. The van der Waals surface area contributed by atoms with Crippen molar-refractivity contribution in [2.45, 2.75) is 220 Å². The quantitative estimate of drug-likeness (QED) is 0.0738. The number of likely N-dealkylation sites (N-methyl/N-ethyl adjacent to an activating group) is 2. The van der Waals surface area contributed by atoms with Gasteiger partial charge in [0.15, 0.2) is 0 Å². The minimum absolute atomic E-state index is 0.00164. The van der Waals surface area contributed by atoms with Crippen LogP contribution in [0.5, 0.6) is 5.75 Å². The van der Waals surface area contributed by atoms with Gasteiger partial charge in [-0.15, -0.1) is 0 Å². The number of ether oxygens (including phenoxy) is 3. The van der Waals surface area contributed by atoms with E-state index in [-0.39, 0.29) is 60.8 Å². The van der Waals surface area contributed by atoms with Crippen LogP contribution in [0, 0.1) is 10.8 Å². The number of carbonyl (C=O) groups is 9. The van der Waals surface area contributed by atoms with Crippen LogP contribution < -0.4 is 36.6 Å². The van der Waals surface area contributed by atoms with Crippen LogP contribution in [-0.4, -0.2) is 180 Å². The second kappa shape index (κ2) is 28.9. The molecule has 2 aliphatic heterocycles. The summed E-state index contributed by atoms with van der Waals surface area (Å²) < 4.78 is 16.8. The molecule has 3 aromatic rings. The predicted molar refractivity (Wildman–Crippen MR) is 353 cm³/mol. The molecule has 2 heterocycles. The Kier molecular flexibility index (Phi) is 22.5. The summed E-state index contributed by atoms with van der Waals surface area (Å²) in [5, 5.41) is 18.7. The van der Waals surface area contributed by atoms with Crippen LogP contribution in [0.2, 0.25) is 0 Å². The molecule has 0 radical (unpaired) electrons. The Labute approximate surface area is 544 Å². The molecule has 7 rings (SSSR count). The van der Waals surface area contributed by atoms with Gasteiger partial charge in [-0.1, -0.05) is 51.1 Å². The molecule has 22 nitrogen and oxygen atoms in total. The molecule has 2 aliphatic carbocycles. The van der Waals surface area contributed by atoms with Gasteiger partial charge in [-0.2, -0.15) is 0 Å². The number of carbonyl (C=O) groups excluding carboxylic acids is 9. The molecule has 500 valence electrons.